The maximum Gasteiger partial charge on any atom is 0.322 e. The minimum atomic E-state index is -0.308. The van der Waals surface area contributed by atoms with E-state index in [0.29, 0.717) is 49.8 Å². The van der Waals surface area contributed by atoms with Crippen molar-refractivity contribution < 1.29 is 23.8 Å². The van der Waals surface area contributed by atoms with Gasteiger partial charge in [-0.05, 0) is 59.7 Å². The lowest BCUT2D eigenvalue weighted by molar-refractivity contribution is -0.133. The first-order valence-corrected chi connectivity index (χ1v) is 13.3. The van der Waals surface area contributed by atoms with Crippen molar-refractivity contribution in [3.63, 3.8) is 0 Å². The number of ether oxygens (including phenoxy) is 3. The van der Waals surface area contributed by atoms with E-state index in [1.165, 1.54) is 0 Å². The van der Waals surface area contributed by atoms with Gasteiger partial charge in [0.15, 0.2) is 11.5 Å². The lowest BCUT2D eigenvalue weighted by Gasteiger charge is -2.28. The molecule has 0 unspecified atom stereocenters. The topological polar surface area (TPSA) is 80.3 Å². The lowest BCUT2D eigenvalue weighted by Crippen LogP contribution is -2.44. The third-order valence-electron chi connectivity index (χ3n) is 6.07. The van der Waals surface area contributed by atoms with Crippen molar-refractivity contribution in [2.75, 3.05) is 38.9 Å². The number of hydrogen-bond acceptors (Lipinski definition) is 6. The standard InChI is InChI=1S/C28H33N3O5S/c1-3-21-7-4-8-23(15-21)29-28(33)30(12-6-13-34-2)19-27(32)31(18-24-9-5-14-37-24)17-22-10-11-25-26(16-22)36-20-35-25/h4-5,7-11,14-16H,3,6,12-13,17-20H2,1-2H3,(H,29,33). The van der Waals surface area contributed by atoms with Crippen molar-refractivity contribution in [1.82, 2.24) is 9.80 Å². The number of nitrogens with one attached hydrogen (secondary N) is 1. The number of fused-ring (bicyclic) bond motifs is 1. The van der Waals surface area contributed by atoms with Crippen LogP contribution in [0.15, 0.2) is 60.0 Å². The van der Waals surface area contributed by atoms with Crippen LogP contribution in [0.25, 0.3) is 0 Å². The van der Waals surface area contributed by atoms with Crippen LogP contribution in [0.4, 0.5) is 10.5 Å². The molecule has 1 aliphatic rings. The molecule has 0 atom stereocenters. The summed E-state index contributed by atoms with van der Waals surface area (Å²) < 4.78 is 16.1. The van der Waals surface area contributed by atoms with Gasteiger partial charge in [-0.1, -0.05) is 31.2 Å². The third kappa shape index (κ3) is 7.47. The molecular formula is C28H33N3O5S. The largest absolute Gasteiger partial charge is 0.454 e. The second kappa shape index (κ2) is 13.1. The minimum absolute atomic E-state index is 0.0427. The number of benzene rings is 2. The Morgan fingerprint density at radius 1 is 1.00 bits per heavy atom. The Morgan fingerprint density at radius 3 is 2.65 bits per heavy atom. The Balaban J connectivity index is 1.49. The fourth-order valence-electron chi connectivity index (χ4n) is 4.07. The minimum Gasteiger partial charge on any atom is -0.454 e. The average Bonchev–Trinajstić information content (AvgIpc) is 3.59. The molecule has 0 radical (unpaired) electrons. The normalized spacial score (nSPS) is 11.8. The molecule has 2 aromatic carbocycles. The number of urea groups is 1. The highest BCUT2D eigenvalue weighted by molar-refractivity contribution is 7.09. The van der Waals surface area contributed by atoms with Gasteiger partial charge in [-0.25, -0.2) is 4.79 Å². The number of rotatable bonds is 12. The summed E-state index contributed by atoms with van der Waals surface area (Å²) in [6, 6.07) is 17.1. The van der Waals surface area contributed by atoms with E-state index in [2.05, 4.69) is 12.2 Å². The summed E-state index contributed by atoms with van der Waals surface area (Å²) in [5.74, 6) is 1.24. The lowest BCUT2D eigenvalue weighted by atomic mass is 10.1. The quantitative estimate of drug-likeness (QED) is 0.333. The van der Waals surface area contributed by atoms with Gasteiger partial charge in [-0.3, -0.25) is 4.79 Å². The monoisotopic (exact) mass is 523 g/mol. The zero-order chi connectivity index (χ0) is 26.0. The number of methoxy groups -OCH3 is 1. The van der Waals surface area contributed by atoms with Gasteiger partial charge in [0.25, 0.3) is 0 Å². The first kappa shape index (κ1) is 26.5. The van der Waals surface area contributed by atoms with Crippen LogP contribution < -0.4 is 14.8 Å². The van der Waals surface area contributed by atoms with Gasteiger partial charge in [-0.2, -0.15) is 0 Å². The average molecular weight is 524 g/mol. The molecule has 8 nitrogen and oxygen atoms in total. The van der Waals surface area contributed by atoms with Gasteiger partial charge in [0.1, 0.15) is 6.54 Å². The van der Waals surface area contributed by atoms with Crippen LogP contribution in [0.1, 0.15) is 29.3 Å². The van der Waals surface area contributed by atoms with Gasteiger partial charge in [-0.15, -0.1) is 11.3 Å². The predicted octanol–water partition coefficient (Wildman–Crippen LogP) is 5.14. The molecule has 0 aliphatic carbocycles. The van der Waals surface area contributed by atoms with Gasteiger partial charge < -0.3 is 29.3 Å². The Kier molecular flexibility index (Phi) is 9.40. The van der Waals surface area contributed by atoms with E-state index in [9.17, 15) is 9.59 Å². The van der Waals surface area contributed by atoms with Crippen molar-refractivity contribution in [3.8, 4) is 11.5 Å². The number of anilines is 1. The Hall–Kier alpha value is -3.56. The summed E-state index contributed by atoms with van der Waals surface area (Å²) in [6.07, 6.45) is 1.50. The number of aryl methyl sites for hydroxylation is 1. The van der Waals surface area contributed by atoms with E-state index >= 15 is 0 Å². The van der Waals surface area contributed by atoms with Crippen LogP contribution in [0.5, 0.6) is 11.5 Å². The molecule has 1 aromatic heterocycles. The van der Waals surface area contributed by atoms with Crippen molar-refractivity contribution in [2.45, 2.75) is 32.9 Å². The molecular weight excluding hydrogens is 490 g/mol. The molecule has 2 heterocycles. The molecule has 3 amide bonds. The SMILES string of the molecule is CCc1cccc(NC(=O)N(CCCOC)CC(=O)N(Cc2ccc3c(c2)OCO3)Cc2cccs2)c1. The van der Waals surface area contributed by atoms with Gasteiger partial charge in [0, 0.05) is 37.4 Å². The van der Waals surface area contributed by atoms with E-state index < -0.39 is 0 Å². The van der Waals surface area contributed by atoms with Crippen LogP contribution in [-0.4, -0.2) is 55.3 Å². The van der Waals surface area contributed by atoms with Crippen molar-refractivity contribution in [3.05, 3.63) is 76.0 Å². The molecule has 37 heavy (non-hydrogen) atoms. The smallest absolute Gasteiger partial charge is 0.322 e. The summed E-state index contributed by atoms with van der Waals surface area (Å²) in [7, 11) is 1.62. The maximum atomic E-state index is 13.6. The predicted molar refractivity (Wildman–Crippen MR) is 144 cm³/mol. The molecule has 0 bridgehead atoms. The number of carbonyl (C=O) groups excluding carboxylic acids is 2. The van der Waals surface area contributed by atoms with Crippen LogP contribution >= 0.6 is 11.3 Å². The van der Waals surface area contributed by atoms with E-state index in [-0.39, 0.29) is 25.3 Å². The summed E-state index contributed by atoms with van der Waals surface area (Å²) >= 11 is 1.60. The summed E-state index contributed by atoms with van der Waals surface area (Å²) in [4.78, 5) is 31.3. The fraction of sp³-hybridized carbons (Fsp3) is 0.357. The Labute approximate surface area is 221 Å². The van der Waals surface area contributed by atoms with E-state index in [1.807, 2.05) is 60.0 Å². The summed E-state index contributed by atoms with van der Waals surface area (Å²) in [5, 5.41) is 4.95. The first-order valence-electron chi connectivity index (χ1n) is 12.4. The van der Waals surface area contributed by atoms with Crippen molar-refractivity contribution >= 4 is 29.0 Å². The van der Waals surface area contributed by atoms with E-state index in [4.69, 9.17) is 14.2 Å². The van der Waals surface area contributed by atoms with Crippen molar-refractivity contribution in [1.29, 1.82) is 0 Å². The molecule has 1 aliphatic heterocycles. The molecule has 3 aromatic rings. The highest BCUT2D eigenvalue weighted by Crippen LogP contribution is 2.33. The Bertz CT molecular complexity index is 1180. The molecule has 4 rings (SSSR count). The number of hydrogen-bond donors (Lipinski definition) is 1. The van der Waals surface area contributed by atoms with Crippen LogP contribution in [0, 0.1) is 0 Å². The molecule has 0 saturated heterocycles. The van der Waals surface area contributed by atoms with E-state index in [0.717, 1.165) is 22.4 Å². The molecule has 0 spiro atoms. The first-order chi connectivity index (χ1) is 18.1. The number of thiophene rings is 1. The molecule has 196 valence electrons. The van der Waals surface area contributed by atoms with E-state index in [1.54, 1.807) is 28.2 Å². The highest BCUT2D eigenvalue weighted by Gasteiger charge is 2.23. The van der Waals surface area contributed by atoms with Gasteiger partial charge >= 0.3 is 6.03 Å². The molecule has 9 heteroatoms. The number of carbonyl (C=O) groups is 2. The zero-order valence-electron chi connectivity index (χ0n) is 21.3. The zero-order valence-corrected chi connectivity index (χ0v) is 22.1. The molecule has 1 N–H and O–H groups in total. The summed E-state index contributed by atoms with van der Waals surface area (Å²) in [6.45, 7) is 3.97. The molecule has 0 saturated carbocycles. The van der Waals surface area contributed by atoms with Crippen LogP contribution in [-0.2, 0) is 29.0 Å². The van der Waals surface area contributed by atoms with Gasteiger partial charge in [0.2, 0.25) is 12.7 Å². The van der Waals surface area contributed by atoms with Crippen LogP contribution in [0.3, 0.4) is 0 Å². The maximum absolute atomic E-state index is 13.6. The number of amides is 3. The second-order valence-electron chi connectivity index (χ2n) is 8.77. The summed E-state index contributed by atoms with van der Waals surface area (Å²) in [5.41, 5.74) is 2.77. The Morgan fingerprint density at radius 2 is 1.86 bits per heavy atom. The highest BCUT2D eigenvalue weighted by atomic mass is 32.1. The molecule has 0 fully saturated rings. The fourth-order valence-corrected chi connectivity index (χ4v) is 4.79. The van der Waals surface area contributed by atoms with Crippen LogP contribution in [0.2, 0.25) is 0 Å². The number of nitrogens with zero attached hydrogens (tertiary/aromatic N) is 2. The second-order valence-corrected chi connectivity index (χ2v) is 9.80. The van der Waals surface area contributed by atoms with Gasteiger partial charge in [0.05, 0.1) is 6.54 Å². The van der Waals surface area contributed by atoms with Crippen molar-refractivity contribution in [2.24, 2.45) is 0 Å². The third-order valence-corrected chi connectivity index (χ3v) is 6.93.